The van der Waals surface area contributed by atoms with Gasteiger partial charge in [-0.05, 0) is 29.8 Å². The third-order valence-corrected chi connectivity index (χ3v) is 3.43. The molecule has 0 bridgehead atoms. The topological polar surface area (TPSA) is 47.6 Å². The van der Waals surface area contributed by atoms with Crippen molar-refractivity contribution in [3.63, 3.8) is 0 Å². The Balaban J connectivity index is 2.04. The minimum absolute atomic E-state index is 0.0917. The van der Waals surface area contributed by atoms with Crippen LogP contribution in [0.25, 0.3) is 11.6 Å². The van der Waals surface area contributed by atoms with E-state index in [1.807, 2.05) is 48.5 Å². The molecule has 4 heteroatoms. The molecule has 0 unspecified atom stereocenters. The summed E-state index contributed by atoms with van der Waals surface area (Å²) >= 11 is 0. The van der Waals surface area contributed by atoms with Crippen LogP contribution in [-0.2, 0) is 4.79 Å². The summed E-state index contributed by atoms with van der Waals surface area (Å²) in [5.41, 5.74) is 3.29. The van der Waals surface area contributed by atoms with Crippen molar-refractivity contribution in [2.75, 3.05) is 19.5 Å². The summed E-state index contributed by atoms with van der Waals surface area (Å²) < 4.78 is 10.5. The van der Waals surface area contributed by atoms with E-state index in [9.17, 15) is 4.79 Å². The number of carbonyl (C=O) groups excluding carboxylic acids is 1. The molecule has 106 valence electrons. The fraction of sp³-hybridized carbons (Fsp3) is 0.118. The molecule has 0 saturated heterocycles. The van der Waals surface area contributed by atoms with Crippen molar-refractivity contribution in [1.29, 1.82) is 0 Å². The zero-order valence-electron chi connectivity index (χ0n) is 11.8. The van der Waals surface area contributed by atoms with E-state index in [-0.39, 0.29) is 5.91 Å². The fourth-order valence-corrected chi connectivity index (χ4v) is 2.39. The van der Waals surface area contributed by atoms with E-state index in [0.29, 0.717) is 17.1 Å². The highest BCUT2D eigenvalue weighted by atomic mass is 16.5. The summed E-state index contributed by atoms with van der Waals surface area (Å²) in [6, 6.07) is 13.2. The average Bonchev–Trinajstić information content (AvgIpc) is 2.83. The van der Waals surface area contributed by atoms with Crippen molar-refractivity contribution in [2.45, 2.75) is 0 Å². The van der Waals surface area contributed by atoms with Crippen LogP contribution in [0.15, 0.2) is 42.5 Å². The molecule has 0 spiro atoms. The van der Waals surface area contributed by atoms with Crippen molar-refractivity contribution < 1.29 is 14.3 Å². The monoisotopic (exact) mass is 281 g/mol. The molecule has 1 amide bonds. The average molecular weight is 281 g/mol. The molecule has 1 heterocycles. The molecule has 0 atom stereocenters. The molecule has 0 saturated carbocycles. The molecular formula is C17H15NO3. The number of benzene rings is 2. The molecule has 0 radical (unpaired) electrons. The first-order valence-electron chi connectivity index (χ1n) is 6.57. The Bertz CT molecular complexity index is 735. The molecule has 0 aliphatic carbocycles. The van der Waals surface area contributed by atoms with Gasteiger partial charge in [-0.2, -0.15) is 0 Å². The van der Waals surface area contributed by atoms with Gasteiger partial charge in [-0.3, -0.25) is 4.79 Å². The van der Waals surface area contributed by atoms with Crippen molar-refractivity contribution in [3.8, 4) is 11.5 Å². The van der Waals surface area contributed by atoms with E-state index in [1.165, 1.54) is 0 Å². The lowest BCUT2D eigenvalue weighted by molar-refractivity contribution is -0.110. The Labute approximate surface area is 123 Å². The minimum Gasteiger partial charge on any atom is -0.493 e. The maximum absolute atomic E-state index is 12.1. The minimum atomic E-state index is -0.0917. The number of para-hydroxylation sites is 1. The maximum atomic E-state index is 12.1. The van der Waals surface area contributed by atoms with Gasteiger partial charge in [-0.25, -0.2) is 0 Å². The molecular weight excluding hydrogens is 266 g/mol. The summed E-state index contributed by atoms with van der Waals surface area (Å²) in [5, 5.41) is 2.86. The molecule has 0 aromatic heterocycles. The number of carbonyl (C=O) groups is 1. The lowest BCUT2D eigenvalue weighted by Gasteiger charge is -2.08. The second kappa shape index (κ2) is 5.32. The fourth-order valence-electron chi connectivity index (χ4n) is 2.39. The number of hydrogen-bond acceptors (Lipinski definition) is 3. The van der Waals surface area contributed by atoms with E-state index in [1.54, 1.807) is 14.2 Å². The predicted octanol–water partition coefficient (Wildman–Crippen LogP) is 3.20. The number of anilines is 1. The Morgan fingerprint density at radius 1 is 1.00 bits per heavy atom. The first-order valence-corrected chi connectivity index (χ1v) is 6.57. The third-order valence-electron chi connectivity index (χ3n) is 3.43. The number of hydrogen-bond donors (Lipinski definition) is 1. The molecule has 4 nitrogen and oxygen atoms in total. The Kier molecular flexibility index (Phi) is 3.36. The summed E-state index contributed by atoms with van der Waals surface area (Å²) in [5.74, 6) is 1.21. The van der Waals surface area contributed by atoms with Crippen molar-refractivity contribution in [3.05, 3.63) is 53.6 Å². The molecule has 21 heavy (non-hydrogen) atoms. The predicted molar refractivity (Wildman–Crippen MR) is 82.5 cm³/mol. The summed E-state index contributed by atoms with van der Waals surface area (Å²) in [4.78, 5) is 12.1. The molecule has 1 aliphatic rings. The number of amides is 1. The second-order valence-corrected chi connectivity index (χ2v) is 4.67. The number of methoxy groups -OCH3 is 2. The van der Waals surface area contributed by atoms with E-state index < -0.39 is 0 Å². The lowest BCUT2D eigenvalue weighted by atomic mass is 10.0. The quantitative estimate of drug-likeness (QED) is 0.879. The number of nitrogens with one attached hydrogen (secondary N) is 1. The van der Waals surface area contributed by atoms with Crippen LogP contribution in [0.5, 0.6) is 11.5 Å². The number of fused-ring (bicyclic) bond motifs is 1. The highest BCUT2D eigenvalue weighted by Gasteiger charge is 2.23. The van der Waals surface area contributed by atoms with Crippen LogP contribution >= 0.6 is 0 Å². The van der Waals surface area contributed by atoms with Gasteiger partial charge in [0.05, 0.1) is 14.2 Å². The molecule has 2 aromatic carbocycles. The summed E-state index contributed by atoms with van der Waals surface area (Å²) in [6.07, 6.45) is 1.85. The normalized spacial score (nSPS) is 14.8. The van der Waals surface area contributed by atoms with Gasteiger partial charge < -0.3 is 14.8 Å². The van der Waals surface area contributed by atoms with Crippen LogP contribution < -0.4 is 14.8 Å². The van der Waals surface area contributed by atoms with Gasteiger partial charge in [0.2, 0.25) is 0 Å². The Morgan fingerprint density at radius 3 is 2.52 bits per heavy atom. The standard InChI is InChI=1S/C17H15NO3/c1-20-15-8-7-11(10-16(15)21-2)9-13-12-5-3-4-6-14(12)18-17(13)19/h3-10H,1-2H3,(H,18,19)/b13-9+. The van der Waals surface area contributed by atoms with Gasteiger partial charge in [-0.1, -0.05) is 24.3 Å². The molecule has 3 rings (SSSR count). The molecule has 2 aromatic rings. The summed E-state index contributed by atoms with van der Waals surface area (Å²) in [6.45, 7) is 0. The van der Waals surface area contributed by atoms with Gasteiger partial charge in [0.1, 0.15) is 0 Å². The van der Waals surface area contributed by atoms with Crippen LogP contribution in [0, 0.1) is 0 Å². The van der Waals surface area contributed by atoms with E-state index >= 15 is 0 Å². The van der Waals surface area contributed by atoms with Gasteiger partial charge in [0.25, 0.3) is 5.91 Å². The number of rotatable bonds is 3. The van der Waals surface area contributed by atoms with Gasteiger partial charge >= 0.3 is 0 Å². The molecule has 1 aliphatic heterocycles. The molecule has 1 N–H and O–H groups in total. The van der Waals surface area contributed by atoms with Crippen LogP contribution in [0.3, 0.4) is 0 Å². The largest absolute Gasteiger partial charge is 0.493 e. The van der Waals surface area contributed by atoms with Crippen molar-refractivity contribution in [1.82, 2.24) is 0 Å². The second-order valence-electron chi connectivity index (χ2n) is 4.67. The SMILES string of the molecule is COc1ccc(/C=C2/C(=O)Nc3ccccc32)cc1OC. The zero-order valence-corrected chi connectivity index (χ0v) is 11.8. The zero-order chi connectivity index (χ0) is 14.8. The van der Waals surface area contributed by atoms with Crippen LogP contribution in [0.1, 0.15) is 11.1 Å². The van der Waals surface area contributed by atoms with Gasteiger partial charge in [0.15, 0.2) is 11.5 Å². The van der Waals surface area contributed by atoms with E-state index in [4.69, 9.17) is 9.47 Å². The van der Waals surface area contributed by atoms with Crippen LogP contribution in [0.4, 0.5) is 5.69 Å². The van der Waals surface area contributed by atoms with Crippen molar-refractivity contribution in [2.24, 2.45) is 0 Å². The first kappa shape index (κ1) is 13.2. The summed E-state index contributed by atoms with van der Waals surface area (Å²) in [7, 11) is 3.18. The van der Waals surface area contributed by atoms with Crippen LogP contribution in [0.2, 0.25) is 0 Å². The highest BCUT2D eigenvalue weighted by molar-refractivity contribution is 6.34. The van der Waals surface area contributed by atoms with Gasteiger partial charge in [0, 0.05) is 16.8 Å². The van der Waals surface area contributed by atoms with E-state index in [2.05, 4.69) is 5.32 Å². The number of ether oxygens (including phenoxy) is 2. The molecule has 0 fully saturated rings. The van der Waals surface area contributed by atoms with E-state index in [0.717, 1.165) is 16.8 Å². The van der Waals surface area contributed by atoms with Gasteiger partial charge in [-0.15, -0.1) is 0 Å². The van der Waals surface area contributed by atoms with Crippen molar-refractivity contribution >= 4 is 23.2 Å². The Hall–Kier alpha value is -2.75. The Morgan fingerprint density at radius 2 is 1.76 bits per heavy atom. The van der Waals surface area contributed by atoms with Crippen LogP contribution in [-0.4, -0.2) is 20.1 Å². The maximum Gasteiger partial charge on any atom is 0.256 e. The first-order chi connectivity index (χ1) is 10.2. The third kappa shape index (κ3) is 2.36. The highest BCUT2D eigenvalue weighted by Crippen LogP contribution is 2.34. The smallest absolute Gasteiger partial charge is 0.256 e. The lowest BCUT2D eigenvalue weighted by Crippen LogP contribution is -2.03.